The summed E-state index contributed by atoms with van der Waals surface area (Å²) >= 11 is 0. The molecule has 1 saturated carbocycles. The average Bonchev–Trinajstić information content (AvgIpc) is 2.95. The summed E-state index contributed by atoms with van der Waals surface area (Å²) in [6.45, 7) is 4.06. The number of hydrogen-bond donors (Lipinski definition) is 2. The van der Waals surface area contributed by atoms with Crippen LogP contribution in [0.4, 0.5) is 0 Å². The number of amidine groups is 1. The van der Waals surface area contributed by atoms with Gasteiger partial charge in [0.05, 0.1) is 17.9 Å². The van der Waals surface area contributed by atoms with Gasteiger partial charge in [-0.25, -0.2) is 8.42 Å². The third-order valence-corrected chi connectivity index (χ3v) is 7.06. The van der Waals surface area contributed by atoms with Crippen molar-refractivity contribution < 1.29 is 22.7 Å². The van der Waals surface area contributed by atoms with E-state index in [1.54, 1.807) is 18.2 Å². The molecule has 3 rings (SSSR count). The van der Waals surface area contributed by atoms with Crippen LogP contribution in [0.25, 0.3) is 0 Å². The number of hydrogen-bond acceptors (Lipinski definition) is 6. The zero-order valence-electron chi connectivity index (χ0n) is 16.7. The van der Waals surface area contributed by atoms with Gasteiger partial charge in [0.25, 0.3) is 15.9 Å². The molecule has 0 bridgehead atoms. The lowest BCUT2D eigenvalue weighted by atomic mass is 9.78. The van der Waals surface area contributed by atoms with E-state index in [0.717, 1.165) is 12.8 Å². The minimum Gasteiger partial charge on any atom is -0.456 e. The van der Waals surface area contributed by atoms with Crippen molar-refractivity contribution in [2.75, 3.05) is 13.2 Å². The maximum Gasteiger partial charge on any atom is 0.308 e. The van der Waals surface area contributed by atoms with Crippen LogP contribution in [0.1, 0.15) is 45.1 Å². The summed E-state index contributed by atoms with van der Waals surface area (Å²) in [5.74, 6) is 0.328. The Morgan fingerprint density at radius 1 is 1.24 bits per heavy atom. The highest BCUT2D eigenvalue weighted by molar-refractivity contribution is 7.90. The number of carbonyl (C=O) groups is 2. The van der Waals surface area contributed by atoms with Crippen LogP contribution in [-0.4, -0.2) is 45.3 Å². The zero-order valence-corrected chi connectivity index (χ0v) is 17.5. The second-order valence-corrected chi connectivity index (χ2v) is 9.33. The van der Waals surface area contributed by atoms with Gasteiger partial charge in [-0.15, -0.1) is 0 Å². The topological polar surface area (TPSA) is 114 Å². The van der Waals surface area contributed by atoms with E-state index in [1.807, 2.05) is 0 Å². The highest BCUT2D eigenvalue weighted by Gasteiger charge is 2.30. The summed E-state index contributed by atoms with van der Waals surface area (Å²) in [5.41, 5.74) is 0.482. The molecule has 8 nitrogen and oxygen atoms in total. The predicted molar refractivity (Wildman–Crippen MR) is 108 cm³/mol. The van der Waals surface area contributed by atoms with E-state index in [-0.39, 0.29) is 42.3 Å². The highest BCUT2D eigenvalue weighted by atomic mass is 32.2. The third-order valence-electron chi connectivity index (χ3n) is 5.67. The minimum atomic E-state index is -3.60. The lowest BCUT2D eigenvalue weighted by Gasteiger charge is -2.34. The first-order valence-corrected chi connectivity index (χ1v) is 11.4. The van der Waals surface area contributed by atoms with Crippen LogP contribution >= 0.6 is 0 Å². The molecule has 2 N–H and O–H groups in total. The molecule has 2 aliphatic rings. The van der Waals surface area contributed by atoms with Crippen molar-refractivity contribution in [3.8, 4) is 0 Å². The average molecular weight is 422 g/mol. The van der Waals surface area contributed by atoms with Crippen LogP contribution in [0, 0.1) is 11.8 Å². The number of nitrogens with zero attached hydrogens (tertiary/aromatic N) is 1. The Morgan fingerprint density at radius 3 is 2.79 bits per heavy atom. The van der Waals surface area contributed by atoms with Crippen molar-refractivity contribution in [1.82, 2.24) is 10.0 Å². The highest BCUT2D eigenvalue weighted by Crippen LogP contribution is 2.29. The maximum absolute atomic E-state index is 12.1. The fourth-order valence-corrected chi connectivity index (χ4v) is 5.01. The van der Waals surface area contributed by atoms with Crippen LogP contribution in [0.15, 0.2) is 34.2 Å². The van der Waals surface area contributed by atoms with E-state index in [1.165, 1.54) is 12.5 Å². The van der Waals surface area contributed by atoms with E-state index in [2.05, 4.69) is 28.9 Å². The largest absolute Gasteiger partial charge is 0.456 e. The number of amides is 1. The van der Waals surface area contributed by atoms with Crippen molar-refractivity contribution in [1.29, 1.82) is 0 Å². The number of rotatable bonds is 6. The molecule has 9 heteroatoms. The Hall–Kier alpha value is -2.42. The second-order valence-electron chi connectivity index (χ2n) is 7.68. The molecule has 1 aliphatic carbocycles. The van der Waals surface area contributed by atoms with Gasteiger partial charge < -0.3 is 10.1 Å². The summed E-state index contributed by atoms with van der Waals surface area (Å²) in [4.78, 5) is 28.3. The van der Waals surface area contributed by atoms with Gasteiger partial charge in [-0.05, 0) is 30.4 Å². The molecule has 1 fully saturated rings. The van der Waals surface area contributed by atoms with Gasteiger partial charge in [0, 0.05) is 11.6 Å². The molecular weight excluding hydrogens is 394 g/mol. The Morgan fingerprint density at radius 2 is 2.00 bits per heavy atom. The molecule has 1 heterocycles. The van der Waals surface area contributed by atoms with Crippen LogP contribution in [0.5, 0.6) is 0 Å². The van der Waals surface area contributed by atoms with Crippen molar-refractivity contribution in [2.24, 2.45) is 16.8 Å². The molecule has 1 aromatic rings. The predicted octanol–water partition coefficient (Wildman–Crippen LogP) is 1.60. The number of esters is 1. The molecule has 1 aromatic carbocycles. The number of ether oxygens (including phenoxy) is 1. The molecule has 29 heavy (non-hydrogen) atoms. The molecule has 158 valence electrons. The fourth-order valence-electron chi connectivity index (χ4n) is 3.76. The van der Waals surface area contributed by atoms with Crippen LogP contribution in [0.3, 0.4) is 0 Å². The minimum absolute atomic E-state index is 0.0441. The summed E-state index contributed by atoms with van der Waals surface area (Å²) in [6, 6.07) is 6.63. The fraction of sp³-hybridized carbons (Fsp3) is 0.550. The monoisotopic (exact) mass is 421 g/mol. The first-order valence-electron chi connectivity index (χ1n) is 9.89. The first kappa shape index (κ1) is 21.3. The van der Waals surface area contributed by atoms with E-state index in [4.69, 9.17) is 4.74 Å². The number of carbonyl (C=O) groups excluding carboxylic acids is 2. The summed E-state index contributed by atoms with van der Waals surface area (Å²) in [7, 11) is -3.60. The summed E-state index contributed by atoms with van der Waals surface area (Å²) in [5, 5.41) is 2.95. The van der Waals surface area contributed by atoms with Gasteiger partial charge in [0.15, 0.2) is 6.61 Å². The van der Waals surface area contributed by atoms with Gasteiger partial charge in [0.1, 0.15) is 5.84 Å². The van der Waals surface area contributed by atoms with E-state index >= 15 is 0 Å². The number of nitrogens with one attached hydrogen (secondary N) is 2. The first-order chi connectivity index (χ1) is 13.8. The summed E-state index contributed by atoms with van der Waals surface area (Å²) in [6.07, 6.45) is 3.16. The maximum atomic E-state index is 12.1. The number of fused-ring (bicyclic) bond motifs is 1. The van der Waals surface area contributed by atoms with Crippen molar-refractivity contribution in [3.63, 3.8) is 0 Å². The van der Waals surface area contributed by atoms with Gasteiger partial charge in [-0.3, -0.25) is 19.3 Å². The quantitative estimate of drug-likeness (QED) is 0.677. The number of aliphatic imine (C=N–C) groups is 1. The SMILES string of the molecule is C[C@@H]1[C@H](C)CCC[C@@H]1NC(=O)COC(=O)CCN=C1NS(=O)(=O)c2ccccc21. The smallest absolute Gasteiger partial charge is 0.308 e. The van der Waals surface area contributed by atoms with Gasteiger partial charge in [0.2, 0.25) is 0 Å². The second kappa shape index (κ2) is 8.94. The molecule has 1 aliphatic heterocycles. The molecular formula is C20H27N3O5S. The lowest BCUT2D eigenvalue weighted by Crippen LogP contribution is -2.45. The Balaban J connectivity index is 1.44. The zero-order chi connectivity index (χ0) is 21.0. The Labute approximate surface area is 171 Å². The number of benzene rings is 1. The standard InChI is InChI=1S/C20H27N3O5S/c1-13-6-5-8-16(14(13)2)22-18(24)12-28-19(25)10-11-21-20-15-7-3-4-9-17(15)29(26,27)23-20/h3-4,7,9,13-14,16H,5-6,8,10-12H2,1-2H3,(H,21,23)(H,22,24)/t13-,14-,16+/m1/s1. The Kier molecular flexibility index (Phi) is 6.56. The van der Waals surface area contributed by atoms with E-state index in [0.29, 0.717) is 17.4 Å². The lowest BCUT2D eigenvalue weighted by molar-refractivity contribution is -0.148. The molecule has 0 spiro atoms. The normalized spacial score (nSPS) is 26.4. The van der Waals surface area contributed by atoms with Gasteiger partial charge in [-0.2, -0.15) is 0 Å². The van der Waals surface area contributed by atoms with Crippen LogP contribution in [-0.2, 0) is 24.3 Å². The summed E-state index contributed by atoms with van der Waals surface area (Å²) < 4.78 is 31.4. The Bertz CT molecular complexity index is 912. The third kappa shape index (κ3) is 5.14. The molecule has 0 radical (unpaired) electrons. The molecule has 0 saturated heterocycles. The molecule has 0 unspecified atom stereocenters. The van der Waals surface area contributed by atoms with E-state index in [9.17, 15) is 18.0 Å². The van der Waals surface area contributed by atoms with Crippen LogP contribution in [0.2, 0.25) is 0 Å². The molecule has 3 atom stereocenters. The molecule has 0 aromatic heterocycles. The molecule has 1 amide bonds. The van der Waals surface area contributed by atoms with E-state index < -0.39 is 16.0 Å². The number of sulfonamides is 1. The van der Waals surface area contributed by atoms with Crippen LogP contribution < -0.4 is 10.0 Å². The van der Waals surface area contributed by atoms with Crippen molar-refractivity contribution in [3.05, 3.63) is 29.8 Å². The van der Waals surface area contributed by atoms with Gasteiger partial charge >= 0.3 is 5.97 Å². The van der Waals surface area contributed by atoms with Crippen molar-refractivity contribution in [2.45, 2.75) is 50.5 Å². The van der Waals surface area contributed by atoms with Crippen molar-refractivity contribution >= 4 is 27.7 Å². The van der Waals surface area contributed by atoms with Gasteiger partial charge in [-0.1, -0.05) is 38.8 Å².